The number of methoxy groups -OCH3 is 1. The van der Waals surface area contributed by atoms with Gasteiger partial charge >= 0.3 is 0 Å². The fraction of sp³-hybridized carbons (Fsp3) is 0.409. The molecule has 2 aromatic carbocycles. The van der Waals surface area contributed by atoms with Crippen molar-refractivity contribution in [1.82, 2.24) is 0 Å². The van der Waals surface area contributed by atoms with Gasteiger partial charge in [0.1, 0.15) is 5.75 Å². The van der Waals surface area contributed by atoms with Crippen LogP contribution in [0, 0.1) is 6.92 Å². The van der Waals surface area contributed by atoms with Crippen LogP contribution in [0.3, 0.4) is 0 Å². The SMILES string of the molecule is CCCCc1ccc(NC(=O)c2cc(C(C)C)c(OC)cc2C)cc1. The second-order valence-electron chi connectivity index (χ2n) is 6.82. The molecule has 0 aliphatic heterocycles. The average molecular weight is 339 g/mol. The summed E-state index contributed by atoms with van der Waals surface area (Å²) in [4.78, 5) is 12.7. The molecule has 1 N–H and O–H groups in total. The van der Waals surface area contributed by atoms with Gasteiger partial charge in [-0.25, -0.2) is 0 Å². The van der Waals surface area contributed by atoms with Gasteiger partial charge in [0.25, 0.3) is 5.91 Å². The van der Waals surface area contributed by atoms with E-state index in [1.165, 1.54) is 18.4 Å². The molecule has 25 heavy (non-hydrogen) atoms. The highest BCUT2D eigenvalue weighted by Gasteiger charge is 2.16. The van der Waals surface area contributed by atoms with Crippen molar-refractivity contribution in [3.05, 3.63) is 58.7 Å². The Morgan fingerprint density at radius 2 is 1.84 bits per heavy atom. The molecule has 3 heteroatoms. The maximum atomic E-state index is 12.7. The van der Waals surface area contributed by atoms with Crippen molar-refractivity contribution in [2.75, 3.05) is 12.4 Å². The number of nitrogens with one attached hydrogen (secondary N) is 1. The second kappa shape index (κ2) is 8.70. The minimum absolute atomic E-state index is 0.0802. The molecule has 0 saturated carbocycles. The highest BCUT2D eigenvalue weighted by molar-refractivity contribution is 6.05. The zero-order valence-electron chi connectivity index (χ0n) is 16.0. The van der Waals surface area contributed by atoms with Crippen LogP contribution in [0.5, 0.6) is 5.75 Å². The van der Waals surface area contributed by atoms with E-state index >= 15 is 0 Å². The molecule has 0 spiro atoms. The first-order valence-corrected chi connectivity index (χ1v) is 9.05. The summed E-state index contributed by atoms with van der Waals surface area (Å²) in [7, 11) is 1.67. The molecule has 0 aromatic heterocycles. The molecule has 3 nitrogen and oxygen atoms in total. The van der Waals surface area contributed by atoms with Gasteiger partial charge in [-0.05, 0) is 66.6 Å². The lowest BCUT2D eigenvalue weighted by Gasteiger charge is -2.16. The number of rotatable bonds is 7. The number of hydrogen-bond acceptors (Lipinski definition) is 2. The molecule has 0 heterocycles. The maximum Gasteiger partial charge on any atom is 0.255 e. The molecule has 0 bridgehead atoms. The first-order valence-electron chi connectivity index (χ1n) is 9.05. The minimum atomic E-state index is -0.0802. The molecule has 0 radical (unpaired) electrons. The summed E-state index contributed by atoms with van der Waals surface area (Å²) < 4.78 is 5.45. The number of anilines is 1. The van der Waals surface area contributed by atoms with Crippen molar-refractivity contribution in [2.24, 2.45) is 0 Å². The molecule has 1 amide bonds. The first-order chi connectivity index (χ1) is 12.0. The molecular formula is C22H29NO2. The van der Waals surface area contributed by atoms with E-state index in [-0.39, 0.29) is 5.91 Å². The number of carbonyl (C=O) groups excluding carboxylic acids is 1. The van der Waals surface area contributed by atoms with E-state index in [1.54, 1.807) is 7.11 Å². The Morgan fingerprint density at radius 1 is 1.16 bits per heavy atom. The van der Waals surface area contributed by atoms with Crippen LogP contribution < -0.4 is 10.1 Å². The predicted molar refractivity (Wildman–Crippen MR) is 105 cm³/mol. The van der Waals surface area contributed by atoms with Crippen LogP contribution in [0.25, 0.3) is 0 Å². The van der Waals surface area contributed by atoms with Gasteiger partial charge in [-0.1, -0.05) is 39.3 Å². The summed E-state index contributed by atoms with van der Waals surface area (Å²) >= 11 is 0. The van der Waals surface area contributed by atoms with E-state index < -0.39 is 0 Å². The molecule has 0 atom stereocenters. The highest BCUT2D eigenvalue weighted by Crippen LogP contribution is 2.30. The Balaban J connectivity index is 2.19. The van der Waals surface area contributed by atoms with Crippen molar-refractivity contribution >= 4 is 11.6 Å². The van der Waals surface area contributed by atoms with Gasteiger partial charge in [-0.2, -0.15) is 0 Å². The van der Waals surface area contributed by atoms with Crippen molar-refractivity contribution in [3.63, 3.8) is 0 Å². The van der Waals surface area contributed by atoms with Gasteiger partial charge in [0.15, 0.2) is 0 Å². The van der Waals surface area contributed by atoms with Crippen LogP contribution >= 0.6 is 0 Å². The van der Waals surface area contributed by atoms with E-state index in [0.717, 1.165) is 29.0 Å². The quantitative estimate of drug-likeness (QED) is 0.700. The van der Waals surface area contributed by atoms with Crippen LogP contribution in [0.15, 0.2) is 36.4 Å². The largest absolute Gasteiger partial charge is 0.496 e. The summed E-state index contributed by atoms with van der Waals surface area (Å²) in [6.45, 7) is 8.33. The number of carbonyl (C=O) groups is 1. The summed E-state index contributed by atoms with van der Waals surface area (Å²) in [5.74, 6) is 1.05. The molecule has 0 aliphatic carbocycles. The van der Waals surface area contributed by atoms with Gasteiger partial charge in [0.2, 0.25) is 0 Å². The normalized spacial score (nSPS) is 10.8. The second-order valence-corrected chi connectivity index (χ2v) is 6.82. The van der Waals surface area contributed by atoms with Crippen molar-refractivity contribution in [2.45, 2.75) is 52.9 Å². The zero-order chi connectivity index (χ0) is 18.4. The standard InChI is InChI=1S/C22H29NO2/c1-6-7-8-17-9-11-18(12-10-17)23-22(24)20-14-19(15(2)3)21(25-5)13-16(20)4/h9-15H,6-8H2,1-5H3,(H,23,24). The van der Waals surface area contributed by atoms with E-state index in [9.17, 15) is 4.79 Å². The minimum Gasteiger partial charge on any atom is -0.496 e. The number of ether oxygens (including phenoxy) is 1. The third-order valence-corrected chi connectivity index (χ3v) is 4.47. The Kier molecular flexibility index (Phi) is 6.63. The number of unbranched alkanes of at least 4 members (excludes halogenated alkanes) is 1. The third kappa shape index (κ3) is 4.85. The summed E-state index contributed by atoms with van der Waals surface area (Å²) in [5, 5.41) is 3.01. The van der Waals surface area contributed by atoms with E-state index in [0.29, 0.717) is 11.5 Å². The topological polar surface area (TPSA) is 38.3 Å². The van der Waals surface area contributed by atoms with Gasteiger partial charge in [-0.3, -0.25) is 4.79 Å². The van der Waals surface area contributed by atoms with E-state index in [1.807, 2.05) is 31.2 Å². The van der Waals surface area contributed by atoms with Gasteiger partial charge in [-0.15, -0.1) is 0 Å². The lowest BCUT2D eigenvalue weighted by molar-refractivity contribution is 0.102. The lowest BCUT2D eigenvalue weighted by Crippen LogP contribution is -2.14. The predicted octanol–water partition coefficient (Wildman–Crippen LogP) is 5.72. The van der Waals surface area contributed by atoms with Crippen LogP contribution in [-0.4, -0.2) is 13.0 Å². The molecule has 0 unspecified atom stereocenters. The van der Waals surface area contributed by atoms with Crippen LogP contribution in [0.4, 0.5) is 5.69 Å². The monoisotopic (exact) mass is 339 g/mol. The van der Waals surface area contributed by atoms with Gasteiger partial charge < -0.3 is 10.1 Å². The number of aryl methyl sites for hydroxylation is 2. The molecular weight excluding hydrogens is 310 g/mol. The fourth-order valence-corrected chi connectivity index (χ4v) is 2.90. The van der Waals surface area contributed by atoms with Crippen LogP contribution in [0.1, 0.15) is 66.6 Å². The fourth-order valence-electron chi connectivity index (χ4n) is 2.90. The Hall–Kier alpha value is -2.29. The van der Waals surface area contributed by atoms with E-state index in [2.05, 4.69) is 38.2 Å². The van der Waals surface area contributed by atoms with E-state index in [4.69, 9.17) is 4.74 Å². The van der Waals surface area contributed by atoms with Crippen molar-refractivity contribution in [3.8, 4) is 5.75 Å². The zero-order valence-corrected chi connectivity index (χ0v) is 16.0. The first kappa shape index (κ1) is 19.0. The maximum absolute atomic E-state index is 12.7. The summed E-state index contributed by atoms with van der Waals surface area (Å²) in [6, 6.07) is 12.0. The van der Waals surface area contributed by atoms with Crippen molar-refractivity contribution < 1.29 is 9.53 Å². The molecule has 134 valence electrons. The Labute approximate surface area is 151 Å². The number of benzene rings is 2. The Morgan fingerprint density at radius 3 is 2.40 bits per heavy atom. The molecule has 2 rings (SSSR count). The average Bonchev–Trinajstić information content (AvgIpc) is 2.60. The lowest BCUT2D eigenvalue weighted by atomic mass is 9.96. The molecule has 0 aliphatic rings. The molecule has 0 fully saturated rings. The van der Waals surface area contributed by atoms with Crippen molar-refractivity contribution in [1.29, 1.82) is 0 Å². The molecule has 0 saturated heterocycles. The summed E-state index contributed by atoms with van der Waals surface area (Å²) in [5.41, 5.74) is 4.79. The summed E-state index contributed by atoms with van der Waals surface area (Å²) in [6.07, 6.45) is 3.46. The molecule has 2 aromatic rings. The van der Waals surface area contributed by atoms with Gasteiger partial charge in [0, 0.05) is 11.3 Å². The number of hydrogen-bond donors (Lipinski definition) is 1. The van der Waals surface area contributed by atoms with Crippen LogP contribution in [-0.2, 0) is 6.42 Å². The third-order valence-electron chi connectivity index (χ3n) is 4.47. The smallest absolute Gasteiger partial charge is 0.255 e. The van der Waals surface area contributed by atoms with Crippen LogP contribution in [0.2, 0.25) is 0 Å². The Bertz CT molecular complexity index is 718. The number of amides is 1. The van der Waals surface area contributed by atoms with Gasteiger partial charge in [0.05, 0.1) is 7.11 Å². The highest BCUT2D eigenvalue weighted by atomic mass is 16.5.